The highest BCUT2D eigenvalue weighted by Gasteiger charge is 2.12. The first-order valence-corrected chi connectivity index (χ1v) is 6.84. The number of nitrogens with zero attached hydrogens (tertiary/aromatic N) is 2. The molecule has 0 amide bonds. The molecule has 0 saturated heterocycles. The molecule has 23 heavy (non-hydrogen) atoms. The second kappa shape index (κ2) is 4.88. The number of pyridine rings is 1. The van der Waals surface area contributed by atoms with E-state index in [4.69, 9.17) is 8.85 Å². The standard InChI is InChI=1S/C17H13N3O3/c1-23-12-6-7-13-15(8-12)18-9-14-16(13)19-20(17(14)22)10-2-4-11(21)5-3-10/h2-9,19,21H,1H3/i1D3. The van der Waals surface area contributed by atoms with Crippen molar-refractivity contribution in [3.05, 3.63) is 59.0 Å². The van der Waals surface area contributed by atoms with Crippen molar-refractivity contribution in [1.82, 2.24) is 14.8 Å². The Morgan fingerprint density at radius 3 is 2.83 bits per heavy atom. The third-order valence-corrected chi connectivity index (χ3v) is 3.72. The highest BCUT2D eigenvalue weighted by atomic mass is 16.5. The highest BCUT2D eigenvalue weighted by molar-refractivity contribution is 6.03. The molecule has 6 heteroatoms. The number of phenols is 1. The quantitative estimate of drug-likeness (QED) is 0.596. The summed E-state index contributed by atoms with van der Waals surface area (Å²) in [5, 5.41) is 13.5. The van der Waals surface area contributed by atoms with Crippen LogP contribution in [0.1, 0.15) is 4.11 Å². The van der Waals surface area contributed by atoms with Gasteiger partial charge in [0.05, 0.1) is 33.3 Å². The lowest BCUT2D eigenvalue weighted by Crippen LogP contribution is -2.13. The van der Waals surface area contributed by atoms with Gasteiger partial charge >= 0.3 is 0 Å². The van der Waals surface area contributed by atoms with E-state index < -0.39 is 7.04 Å². The van der Waals surface area contributed by atoms with Crippen LogP contribution in [0.4, 0.5) is 0 Å². The summed E-state index contributed by atoms with van der Waals surface area (Å²) >= 11 is 0. The van der Waals surface area contributed by atoms with Gasteiger partial charge in [0.15, 0.2) is 0 Å². The van der Waals surface area contributed by atoms with Crippen LogP contribution in [0.5, 0.6) is 11.5 Å². The predicted molar refractivity (Wildman–Crippen MR) is 87.4 cm³/mol. The topological polar surface area (TPSA) is 80.1 Å². The first kappa shape index (κ1) is 10.4. The van der Waals surface area contributed by atoms with Crippen molar-refractivity contribution in [3.8, 4) is 17.2 Å². The van der Waals surface area contributed by atoms with Crippen molar-refractivity contribution in [2.24, 2.45) is 0 Å². The molecule has 2 heterocycles. The fourth-order valence-corrected chi connectivity index (χ4v) is 2.59. The van der Waals surface area contributed by atoms with Crippen molar-refractivity contribution in [1.29, 1.82) is 0 Å². The highest BCUT2D eigenvalue weighted by Crippen LogP contribution is 2.24. The van der Waals surface area contributed by atoms with E-state index in [1.807, 2.05) is 0 Å². The van der Waals surface area contributed by atoms with E-state index in [1.54, 1.807) is 18.2 Å². The van der Waals surface area contributed by atoms with Gasteiger partial charge in [0, 0.05) is 17.6 Å². The molecule has 114 valence electrons. The monoisotopic (exact) mass is 310 g/mol. The number of benzene rings is 2. The van der Waals surface area contributed by atoms with Crippen LogP contribution < -0.4 is 10.3 Å². The Balaban J connectivity index is 1.89. The molecule has 4 rings (SSSR count). The van der Waals surface area contributed by atoms with Crippen LogP contribution in [0.2, 0.25) is 0 Å². The molecule has 0 aliphatic carbocycles. The molecule has 0 unspecified atom stereocenters. The molecule has 0 radical (unpaired) electrons. The van der Waals surface area contributed by atoms with E-state index >= 15 is 0 Å². The summed E-state index contributed by atoms with van der Waals surface area (Å²) < 4.78 is 27.8. The molecular formula is C17H13N3O3. The number of ether oxygens (including phenoxy) is 1. The van der Waals surface area contributed by atoms with Crippen LogP contribution in [0.25, 0.3) is 27.5 Å². The Morgan fingerprint density at radius 1 is 1.22 bits per heavy atom. The zero-order valence-electron chi connectivity index (χ0n) is 14.8. The average molecular weight is 310 g/mol. The molecule has 0 spiro atoms. The minimum atomic E-state index is -2.55. The summed E-state index contributed by atoms with van der Waals surface area (Å²) in [6.45, 7) is 0. The van der Waals surface area contributed by atoms with E-state index in [1.165, 1.54) is 35.1 Å². The normalized spacial score (nSPS) is 13.7. The Morgan fingerprint density at radius 2 is 2.04 bits per heavy atom. The van der Waals surface area contributed by atoms with Crippen LogP contribution >= 0.6 is 0 Å². The van der Waals surface area contributed by atoms with Crippen LogP contribution in [0, 0.1) is 0 Å². The first-order valence-electron chi connectivity index (χ1n) is 8.34. The molecule has 0 saturated carbocycles. The minimum absolute atomic E-state index is 0.104. The van der Waals surface area contributed by atoms with Gasteiger partial charge in [-0.05, 0) is 36.4 Å². The van der Waals surface area contributed by atoms with Gasteiger partial charge in [-0.25, -0.2) is 4.68 Å². The van der Waals surface area contributed by atoms with Crippen LogP contribution in [-0.4, -0.2) is 26.9 Å². The largest absolute Gasteiger partial charge is 0.508 e. The van der Waals surface area contributed by atoms with Crippen LogP contribution in [-0.2, 0) is 0 Å². The zero-order valence-corrected chi connectivity index (χ0v) is 11.8. The summed E-state index contributed by atoms with van der Waals surface area (Å²) in [7, 11) is -2.55. The van der Waals surface area contributed by atoms with E-state index in [0.717, 1.165) is 0 Å². The van der Waals surface area contributed by atoms with Gasteiger partial charge in [-0.3, -0.25) is 14.9 Å². The molecular weight excluding hydrogens is 294 g/mol. The molecule has 0 aliphatic rings. The average Bonchev–Trinajstić information content (AvgIpc) is 2.91. The number of nitrogens with one attached hydrogen (secondary N) is 1. The third-order valence-electron chi connectivity index (χ3n) is 3.72. The number of H-pyrrole nitrogens is 1. The number of rotatable bonds is 2. The lowest BCUT2D eigenvalue weighted by Gasteiger charge is -2.02. The maximum Gasteiger partial charge on any atom is 0.280 e. The maximum atomic E-state index is 12.6. The first-order chi connectivity index (χ1) is 12.3. The number of aromatic hydroxyl groups is 1. The zero-order chi connectivity index (χ0) is 18.5. The van der Waals surface area contributed by atoms with E-state index in [-0.39, 0.29) is 17.1 Å². The van der Waals surface area contributed by atoms with Crippen LogP contribution in [0.3, 0.4) is 0 Å². The minimum Gasteiger partial charge on any atom is -0.508 e. The van der Waals surface area contributed by atoms with Gasteiger partial charge in [-0.2, -0.15) is 0 Å². The number of hydrogen-bond donors (Lipinski definition) is 2. The predicted octanol–water partition coefficient (Wildman–Crippen LogP) is 2.58. The summed E-state index contributed by atoms with van der Waals surface area (Å²) in [5.74, 6) is 0.275. The number of fused-ring (bicyclic) bond motifs is 3. The lowest BCUT2D eigenvalue weighted by molar-refractivity contribution is 0.415. The molecule has 0 aliphatic heterocycles. The number of aromatic amines is 1. The maximum absolute atomic E-state index is 12.6. The summed E-state index contributed by atoms with van der Waals surface area (Å²) in [6.07, 6.45) is 1.44. The number of phenolic OH excluding ortho intramolecular Hbond substituents is 1. The van der Waals surface area contributed by atoms with Gasteiger partial charge in [0.25, 0.3) is 5.56 Å². The SMILES string of the molecule is [2H]C([2H])([2H])Oc1ccc2c(c1)ncc1c(=O)n(-c3ccc(O)cc3)[nH]c12. The van der Waals surface area contributed by atoms with Gasteiger partial charge in [-0.15, -0.1) is 0 Å². The van der Waals surface area contributed by atoms with Crippen molar-refractivity contribution in [2.45, 2.75) is 0 Å². The molecule has 6 nitrogen and oxygen atoms in total. The molecule has 2 aromatic carbocycles. The fourth-order valence-electron chi connectivity index (χ4n) is 2.59. The summed E-state index contributed by atoms with van der Waals surface area (Å²) in [6, 6.07) is 10.9. The number of hydrogen-bond acceptors (Lipinski definition) is 4. The molecule has 2 aromatic heterocycles. The van der Waals surface area contributed by atoms with Crippen molar-refractivity contribution < 1.29 is 14.0 Å². The van der Waals surface area contributed by atoms with Gasteiger partial charge < -0.3 is 9.84 Å². The van der Waals surface area contributed by atoms with Crippen molar-refractivity contribution >= 4 is 21.8 Å². The number of aromatic nitrogens is 3. The molecule has 2 N–H and O–H groups in total. The smallest absolute Gasteiger partial charge is 0.280 e. The Bertz CT molecular complexity index is 1180. The molecule has 0 fully saturated rings. The summed E-state index contributed by atoms with van der Waals surface area (Å²) in [4.78, 5) is 16.9. The molecule has 4 aromatic rings. The van der Waals surface area contributed by atoms with E-state index in [2.05, 4.69) is 10.1 Å². The molecule has 0 atom stereocenters. The Kier molecular flexibility index (Phi) is 2.21. The fraction of sp³-hybridized carbons (Fsp3) is 0.0588. The third kappa shape index (κ3) is 2.03. The van der Waals surface area contributed by atoms with Crippen LogP contribution in [0.15, 0.2) is 53.5 Å². The van der Waals surface area contributed by atoms with Crippen molar-refractivity contribution in [3.63, 3.8) is 0 Å². The Labute approximate surface area is 134 Å². The van der Waals surface area contributed by atoms with E-state index in [9.17, 15) is 9.90 Å². The van der Waals surface area contributed by atoms with Gasteiger partial charge in [0.2, 0.25) is 0 Å². The summed E-state index contributed by atoms with van der Waals surface area (Å²) in [5.41, 5.74) is 1.37. The van der Waals surface area contributed by atoms with Gasteiger partial charge in [0.1, 0.15) is 11.5 Å². The second-order valence-corrected chi connectivity index (χ2v) is 5.10. The lowest BCUT2D eigenvalue weighted by atomic mass is 10.1. The second-order valence-electron chi connectivity index (χ2n) is 5.10. The number of methoxy groups -OCH3 is 1. The van der Waals surface area contributed by atoms with Crippen molar-refractivity contribution in [2.75, 3.05) is 7.04 Å². The molecule has 0 bridgehead atoms. The van der Waals surface area contributed by atoms with E-state index in [0.29, 0.717) is 27.5 Å². The Hall–Kier alpha value is -3.28. The van der Waals surface area contributed by atoms with Gasteiger partial charge in [-0.1, -0.05) is 0 Å².